The van der Waals surface area contributed by atoms with E-state index >= 15 is 0 Å². The molecule has 1 atom stereocenters. The summed E-state index contributed by atoms with van der Waals surface area (Å²) in [7, 11) is 0. The van der Waals surface area contributed by atoms with E-state index < -0.39 is 0 Å². The summed E-state index contributed by atoms with van der Waals surface area (Å²) in [6.07, 6.45) is 1.93. The standard InChI is InChI=1S/C15H21ClN2O2.ClH/c1-10(2)9-20-14-6-5-11(8-12(14)16)18-15(19)13-4-3-7-17-13;/h5-6,8,10,13,17H,3-4,7,9H2,1-2H3,(H,18,19);1H. The van der Waals surface area contributed by atoms with Crippen molar-refractivity contribution in [2.75, 3.05) is 18.5 Å². The lowest BCUT2D eigenvalue weighted by Crippen LogP contribution is -2.35. The number of carbonyl (C=O) groups excluding carboxylic acids is 1. The van der Waals surface area contributed by atoms with Crippen molar-refractivity contribution < 1.29 is 9.53 Å². The second-order valence-electron chi connectivity index (χ2n) is 5.49. The molecule has 1 aliphatic rings. The van der Waals surface area contributed by atoms with Gasteiger partial charge in [0, 0.05) is 5.69 Å². The fourth-order valence-corrected chi connectivity index (χ4v) is 2.32. The molecule has 0 spiro atoms. The molecule has 2 rings (SSSR count). The van der Waals surface area contributed by atoms with E-state index in [2.05, 4.69) is 24.5 Å². The zero-order valence-corrected chi connectivity index (χ0v) is 13.9. The normalized spacial score (nSPS) is 17.4. The molecule has 0 aliphatic carbocycles. The van der Waals surface area contributed by atoms with Gasteiger partial charge in [-0.25, -0.2) is 0 Å². The van der Waals surface area contributed by atoms with Crippen molar-refractivity contribution in [3.05, 3.63) is 23.2 Å². The molecule has 1 saturated heterocycles. The molecule has 1 amide bonds. The Bertz CT molecular complexity index is 475. The minimum absolute atomic E-state index is 0. The van der Waals surface area contributed by atoms with Crippen LogP contribution >= 0.6 is 24.0 Å². The molecule has 118 valence electrons. The fraction of sp³-hybridized carbons (Fsp3) is 0.533. The molecule has 1 fully saturated rings. The maximum absolute atomic E-state index is 12.0. The van der Waals surface area contributed by atoms with E-state index in [1.54, 1.807) is 12.1 Å². The zero-order chi connectivity index (χ0) is 14.5. The predicted molar refractivity (Wildman–Crippen MR) is 88.7 cm³/mol. The van der Waals surface area contributed by atoms with Crippen LogP contribution in [-0.2, 0) is 4.79 Å². The van der Waals surface area contributed by atoms with Crippen molar-refractivity contribution in [1.29, 1.82) is 0 Å². The zero-order valence-electron chi connectivity index (χ0n) is 12.3. The molecule has 2 N–H and O–H groups in total. The number of hydrogen-bond acceptors (Lipinski definition) is 3. The maximum atomic E-state index is 12.0. The number of carbonyl (C=O) groups is 1. The van der Waals surface area contributed by atoms with E-state index in [-0.39, 0.29) is 24.4 Å². The van der Waals surface area contributed by atoms with Gasteiger partial charge in [0.25, 0.3) is 0 Å². The Hall–Kier alpha value is -0.970. The van der Waals surface area contributed by atoms with E-state index in [4.69, 9.17) is 16.3 Å². The summed E-state index contributed by atoms with van der Waals surface area (Å²) >= 11 is 6.16. The number of hydrogen-bond donors (Lipinski definition) is 2. The van der Waals surface area contributed by atoms with Crippen LogP contribution in [0.4, 0.5) is 5.69 Å². The lowest BCUT2D eigenvalue weighted by molar-refractivity contribution is -0.117. The first-order chi connectivity index (χ1) is 9.56. The van der Waals surface area contributed by atoms with Gasteiger partial charge in [-0.2, -0.15) is 0 Å². The van der Waals surface area contributed by atoms with Gasteiger partial charge in [0.1, 0.15) is 5.75 Å². The first kappa shape index (κ1) is 18.1. The van der Waals surface area contributed by atoms with Gasteiger partial charge in [0.15, 0.2) is 0 Å². The summed E-state index contributed by atoms with van der Waals surface area (Å²) in [6.45, 7) is 5.69. The maximum Gasteiger partial charge on any atom is 0.241 e. The highest BCUT2D eigenvalue weighted by atomic mass is 35.5. The second-order valence-corrected chi connectivity index (χ2v) is 5.90. The summed E-state index contributed by atoms with van der Waals surface area (Å²) in [4.78, 5) is 12.0. The van der Waals surface area contributed by atoms with Gasteiger partial charge in [-0.3, -0.25) is 4.79 Å². The van der Waals surface area contributed by atoms with Crippen LogP contribution in [0.15, 0.2) is 18.2 Å². The molecule has 4 nitrogen and oxygen atoms in total. The highest BCUT2D eigenvalue weighted by Crippen LogP contribution is 2.28. The molecule has 21 heavy (non-hydrogen) atoms. The molecular formula is C15H22Cl2N2O2. The molecule has 0 saturated carbocycles. The molecule has 0 radical (unpaired) electrons. The Labute approximate surface area is 137 Å². The van der Waals surface area contributed by atoms with Gasteiger partial charge in [-0.05, 0) is 43.5 Å². The van der Waals surface area contributed by atoms with Gasteiger partial charge in [-0.15, -0.1) is 12.4 Å². The first-order valence-electron chi connectivity index (χ1n) is 7.03. The molecule has 1 aromatic rings. The molecular weight excluding hydrogens is 311 g/mol. The number of rotatable bonds is 5. The Morgan fingerprint density at radius 2 is 2.29 bits per heavy atom. The lowest BCUT2D eigenvalue weighted by Gasteiger charge is -2.13. The molecule has 1 heterocycles. The third kappa shape index (κ3) is 5.38. The van der Waals surface area contributed by atoms with Gasteiger partial charge in [0.05, 0.1) is 17.7 Å². The Morgan fingerprint density at radius 1 is 1.52 bits per heavy atom. The SMILES string of the molecule is CC(C)COc1ccc(NC(=O)C2CCCN2)cc1Cl.Cl. The van der Waals surface area contributed by atoms with Crippen LogP contribution in [0.5, 0.6) is 5.75 Å². The summed E-state index contributed by atoms with van der Waals surface area (Å²) in [5.74, 6) is 1.09. The van der Waals surface area contributed by atoms with E-state index in [1.165, 1.54) is 0 Å². The fourth-order valence-electron chi connectivity index (χ4n) is 2.09. The predicted octanol–water partition coefficient (Wildman–Crippen LogP) is 3.49. The summed E-state index contributed by atoms with van der Waals surface area (Å²) < 4.78 is 5.60. The summed E-state index contributed by atoms with van der Waals surface area (Å²) in [5.41, 5.74) is 0.700. The molecule has 0 aromatic heterocycles. The van der Waals surface area contributed by atoms with E-state index in [1.807, 2.05) is 6.07 Å². The van der Waals surface area contributed by atoms with Crippen molar-refractivity contribution >= 4 is 35.6 Å². The molecule has 0 bridgehead atoms. The monoisotopic (exact) mass is 332 g/mol. The quantitative estimate of drug-likeness (QED) is 0.867. The summed E-state index contributed by atoms with van der Waals surface area (Å²) in [6, 6.07) is 5.24. The van der Waals surface area contributed by atoms with Crippen molar-refractivity contribution in [3.8, 4) is 5.75 Å². The van der Waals surface area contributed by atoms with Crippen LogP contribution in [0.2, 0.25) is 5.02 Å². The molecule has 1 unspecified atom stereocenters. The average molecular weight is 333 g/mol. The number of amides is 1. The van der Waals surface area contributed by atoms with Crippen molar-refractivity contribution in [2.45, 2.75) is 32.7 Å². The van der Waals surface area contributed by atoms with Gasteiger partial charge < -0.3 is 15.4 Å². The van der Waals surface area contributed by atoms with Gasteiger partial charge in [0.2, 0.25) is 5.91 Å². The number of ether oxygens (including phenoxy) is 1. The van der Waals surface area contributed by atoms with E-state index in [9.17, 15) is 4.79 Å². The van der Waals surface area contributed by atoms with E-state index in [0.29, 0.717) is 29.0 Å². The Morgan fingerprint density at radius 3 is 2.86 bits per heavy atom. The van der Waals surface area contributed by atoms with Crippen LogP contribution in [0.1, 0.15) is 26.7 Å². The highest BCUT2D eigenvalue weighted by Gasteiger charge is 2.22. The van der Waals surface area contributed by atoms with Crippen molar-refractivity contribution in [2.24, 2.45) is 5.92 Å². The Kier molecular flexibility index (Phi) is 7.29. The lowest BCUT2D eigenvalue weighted by atomic mass is 10.2. The topological polar surface area (TPSA) is 50.4 Å². The van der Waals surface area contributed by atoms with Crippen LogP contribution in [-0.4, -0.2) is 25.1 Å². The number of benzene rings is 1. The van der Waals surface area contributed by atoms with Crippen LogP contribution < -0.4 is 15.4 Å². The van der Waals surface area contributed by atoms with Crippen molar-refractivity contribution in [3.63, 3.8) is 0 Å². The summed E-state index contributed by atoms with van der Waals surface area (Å²) in [5, 5.41) is 6.56. The smallest absolute Gasteiger partial charge is 0.241 e. The minimum Gasteiger partial charge on any atom is -0.492 e. The molecule has 1 aliphatic heterocycles. The number of anilines is 1. The van der Waals surface area contributed by atoms with Gasteiger partial charge in [-0.1, -0.05) is 25.4 Å². The number of nitrogens with one attached hydrogen (secondary N) is 2. The molecule has 6 heteroatoms. The van der Waals surface area contributed by atoms with Crippen molar-refractivity contribution in [1.82, 2.24) is 5.32 Å². The third-order valence-electron chi connectivity index (χ3n) is 3.15. The molecule has 1 aromatic carbocycles. The minimum atomic E-state index is -0.0920. The first-order valence-corrected chi connectivity index (χ1v) is 7.40. The Balaban J connectivity index is 0.00000220. The van der Waals surface area contributed by atoms with Crippen LogP contribution in [0.25, 0.3) is 0 Å². The highest BCUT2D eigenvalue weighted by molar-refractivity contribution is 6.32. The van der Waals surface area contributed by atoms with Gasteiger partial charge >= 0.3 is 0 Å². The van der Waals surface area contributed by atoms with Crippen LogP contribution in [0.3, 0.4) is 0 Å². The third-order valence-corrected chi connectivity index (χ3v) is 3.44. The average Bonchev–Trinajstić information content (AvgIpc) is 2.91. The van der Waals surface area contributed by atoms with E-state index in [0.717, 1.165) is 19.4 Å². The van der Waals surface area contributed by atoms with Crippen LogP contribution in [0, 0.1) is 5.92 Å². The second kappa shape index (κ2) is 8.47. The number of halogens is 2. The largest absolute Gasteiger partial charge is 0.492 e.